The number of rotatable bonds is 3. The van der Waals surface area contributed by atoms with Crippen molar-refractivity contribution in [3.63, 3.8) is 0 Å². The standard InChI is InChI=1S/C12H9Cl2NO5/c13-8-3-7(4-9(14)5-8)11(17)20-6-10(16)15-1-2-19-12(15)18/h3-5H,1-2,6H2. The molecule has 0 atom stereocenters. The molecule has 1 heterocycles. The van der Waals surface area contributed by atoms with Crippen LogP contribution in [0.5, 0.6) is 0 Å². The number of carbonyl (C=O) groups is 3. The molecular formula is C12H9Cl2NO5. The maximum absolute atomic E-state index is 11.7. The third kappa shape index (κ3) is 3.40. The number of nitrogens with zero attached hydrogens (tertiary/aromatic N) is 1. The van der Waals surface area contributed by atoms with Crippen LogP contribution in [0.15, 0.2) is 18.2 Å². The van der Waals surface area contributed by atoms with Crippen LogP contribution in [-0.4, -0.2) is 42.6 Å². The molecule has 2 rings (SSSR count). The number of ether oxygens (including phenoxy) is 2. The molecule has 0 bridgehead atoms. The van der Waals surface area contributed by atoms with Crippen molar-refractivity contribution in [2.45, 2.75) is 0 Å². The first-order valence-electron chi connectivity index (χ1n) is 5.57. The molecule has 0 radical (unpaired) electrons. The van der Waals surface area contributed by atoms with Crippen LogP contribution in [-0.2, 0) is 14.3 Å². The lowest BCUT2D eigenvalue weighted by Gasteiger charge is -2.11. The summed E-state index contributed by atoms with van der Waals surface area (Å²) in [6.45, 7) is -0.265. The van der Waals surface area contributed by atoms with Crippen molar-refractivity contribution in [1.29, 1.82) is 0 Å². The first kappa shape index (κ1) is 14.6. The highest BCUT2D eigenvalue weighted by atomic mass is 35.5. The van der Waals surface area contributed by atoms with Crippen molar-refractivity contribution >= 4 is 41.2 Å². The number of imide groups is 1. The molecule has 1 aliphatic rings. The number of hydrogen-bond donors (Lipinski definition) is 0. The van der Waals surface area contributed by atoms with Gasteiger partial charge in [-0.3, -0.25) is 4.79 Å². The fourth-order valence-corrected chi connectivity index (χ4v) is 2.11. The Hall–Kier alpha value is -1.79. The lowest BCUT2D eigenvalue weighted by molar-refractivity contribution is -0.131. The Morgan fingerprint density at radius 2 is 1.90 bits per heavy atom. The summed E-state index contributed by atoms with van der Waals surface area (Å²) in [7, 11) is 0. The van der Waals surface area contributed by atoms with E-state index < -0.39 is 24.6 Å². The third-order valence-corrected chi connectivity index (χ3v) is 2.92. The van der Waals surface area contributed by atoms with E-state index in [1.165, 1.54) is 18.2 Å². The van der Waals surface area contributed by atoms with Gasteiger partial charge >= 0.3 is 12.1 Å². The number of halogens is 2. The van der Waals surface area contributed by atoms with Gasteiger partial charge in [-0.15, -0.1) is 0 Å². The van der Waals surface area contributed by atoms with Crippen LogP contribution in [0.1, 0.15) is 10.4 Å². The number of benzene rings is 1. The fraction of sp³-hybridized carbons (Fsp3) is 0.250. The van der Waals surface area contributed by atoms with Gasteiger partial charge < -0.3 is 9.47 Å². The maximum Gasteiger partial charge on any atom is 0.416 e. The van der Waals surface area contributed by atoms with Gasteiger partial charge in [0.05, 0.1) is 12.1 Å². The molecule has 0 unspecified atom stereocenters. The summed E-state index contributed by atoms with van der Waals surface area (Å²) >= 11 is 11.5. The molecule has 20 heavy (non-hydrogen) atoms. The highest BCUT2D eigenvalue weighted by Crippen LogP contribution is 2.19. The summed E-state index contributed by atoms with van der Waals surface area (Å²) in [6.07, 6.45) is -0.739. The Kier molecular flexibility index (Phi) is 4.46. The number of esters is 1. The van der Waals surface area contributed by atoms with Crippen molar-refractivity contribution in [1.82, 2.24) is 4.90 Å². The van der Waals surface area contributed by atoms with Gasteiger partial charge in [0, 0.05) is 10.0 Å². The minimum absolute atomic E-state index is 0.124. The smallest absolute Gasteiger partial charge is 0.416 e. The molecule has 0 N–H and O–H groups in total. The number of hydrogen-bond acceptors (Lipinski definition) is 5. The molecule has 2 amide bonds. The van der Waals surface area contributed by atoms with E-state index in [9.17, 15) is 14.4 Å². The zero-order valence-electron chi connectivity index (χ0n) is 10.1. The molecule has 8 heteroatoms. The van der Waals surface area contributed by atoms with Crippen molar-refractivity contribution in [2.75, 3.05) is 19.8 Å². The summed E-state index contributed by atoms with van der Waals surface area (Å²) in [6, 6.07) is 4.19. The quantitative estimate of drug-likeness (QED) is 0.798. The van der Waals surface area contributed by atoms with Crippen LogP contribution in [0.3, 0.4) is 0 Å². The third-order valence-electron chi connectivity index (χ3n) is 2.49. The fourth-order valence-electron chi connectivity index (χ4n) is 1.58. The molecule has 0 aromatic heterocycles. The van der Waals surface area contributed by atoms with Crippen molar-refractivity contribution < 1.29 is 23.9 Å². The largest absolute Gasteiger partial charge is 0.452 e. The van der Waals surface area contributed by atoms with Crippen molar-refractivity contribution in [2.24, 2.45) is 0 Å². The lowest BCUT2D eigenvalue weighted by Crippen LogP contribution is -2.35. The van der Waals surface area contributed by atoms with Crippen LogP contribution in [0.4, 0.5) is 4.79 Å². The molecule has 0 aliphatic carbocycles. The second kappa shape index (κ2) is 6.11. The zero-order chi connectivity index (χ0) is 14.7. The minimum atomic E-state index is -0.754. The van der Waals surface area contributed by atoms with Gasteiger partial charge in [-0.1, -0.05) is 23.2 Å². The van der Waals surface area contributed by atoms with Gasteiger partial charge in [-0.25, -0.2) is 14.5 Å². The average molecular weight is 318 g/mol. The summed E-state index contributed by atoms with van der Waals surface area (Å²) in [5, 5.41) is 0.554. The average Bonchev–Trinajstić information content (AvgIpc) is 2.80. The predicted octanol–water partition coefficient (Wildman–Crippen LogP) is 2.13. The molecule has 1 aromatic carbocycles. The Balaban J connectivity index is 1.95. The van der Waals surface area contributed by atoms with Gasteiger partial charge in [0.15, 0.2) is 6.61 Å². The normalized spacial score (nSPS) is 14.1. The van der Waals surface area contributed by atoms with Gasteiger partial charge in [0.2, 0.25) is 0 Å². The van der Waals surface area contributed by atoms with E-state index in [4.69, 9.17) is 27.9 Å². The molecule has 1 aliphatic heterocycles. The van der Waals surface area contributed by atoms with Gasteiger partial charge in [0.25, 0.3) is 5.91 Å². The van der Waals surface area contributed by atoms with E-state index in [1.54, 1.807) is 0 Å². The highest BCUT2D eigenvalue weighted by molar-refractivity contribution is 6.35. The first-order chi connectivity index (χ1) is 9.47. The number of amides is 2. The van der Waals surface area contributed by atoms with E-state index in [1.807, 2.05) is 0 Å². The second-order valence-corrected chi connectivity index (χ2v) is 4.77. The SMILES string of the molecule is O=C(OCC(=O)N1CCOC1=O)c1cc(Cl)cc(Cl)c1. The molecule has 0 spiro atoms. The van der Waals surface area contributed by atoms with E-state index in [-0.39, 0.29) is 28.8 Å². The lowest BCUT2D eigenvalue weighted by atomic mass is 10.2. The second-order valence-electron chi connectivity index (χ2n) is 3.89. The van der Waals surface area contributed by atoms with Crippen LogP contribution in [0.2, 0.25) is 10.0 Å². The van der Waals surface area contributed by atoms with E-state index in [0.717, 1.165) is 4.90 Å². The molecule has 1 saturated heterocycles. The van der Waals surface area contributed by atoms with Crippen LogP contribution >= 0.6 is 23.2 Å². The Labute approximate surface area is 124 Å². The first-order valence-corrected chi connectivity index (χ1v) is 6.33. The van der Waals surface area contributed by atoms with Crippen LogP contribution < -0.4 is 0 Å². The number of carbonyl (C=O) groups excluding carboxylic acids is 3. The maximum atomic E-state index is 11.7. The molecule has 1 aromatic rings. The van der Waals surface area contributed by atoms with Crippen molar-refractivity contribution in [3.8, 4) is 0 Å². The number of cyclic esters (lactones) is 1. The molecule has 6 nitrogen and oxygen atoms in total. The summed E-state index contributed by atoms with van der Waals surface area (Å²) in [4.78, 5) is 35.3. The monoisotopic (exact) mass is 317 g/mol. The van der Waals surface area contributed by atoms with E-state index in [2.05, 4.69) is 4.74 Å². The van der Waals surface area contributed by atoms with Crippen LogP contribution in [0.25, 0.3) is 0 Å². The Morgan fingerprint density at radius 1 is 1.25 bits per heavy atom. The minimum Gasteiger partial charge on any atom is -0.452 e. The summed E-state index contributed by atoms with van der Waals surface area (Å²) in [5.74, 6) is -1.40. The van der Waals surface area contributed by atoms with E-state index >= 15 is 0 Å². The molecule has 0 saturated carbocycles. The highest BCUT2D eigenvalue weighted by Gasteiger charge is 2.29. The van der Waals surface area contributed by atoms with Gasteiger partial charge in [-0.2, -0.15) is 0 Å². The molecular weight excluding hydrogens is 309 g/mol. The topological polar surface area (TPSA) is 72.9 Å². The van der Waals surface area contributed by atoms with Crippen molar-refractivity contribution in [3.05, 3.63) is 33.8 Å². The molecule has 1 fully saturated rings. The summed E-state index contributed by atoms with van der Waals surface area (Å²) in [5.41, 5.74) is 0.124. The van der Waals surface area contributed by atoms with Gasteiger partial charge in [-0.05, 0) is 18.2 Å². The van der Waals surface area contributed by atoms with E-state index in [0.29, 0.717) is 0 Å². The Morgan fingerprint density at radius 3 is 2.45 bits per heavy atom. The van der Waals surface area contributed by atoms with Crippen LogP contribution in [0, 0.1) is 0 Å². The van der Waals surface area contributed by atoms with Gasteiger partial charge in [0.1, 0.15) is 6.61 Å². The Bertz CT molecular complexity index is 555. The summed E-state index contributed by atoms with van der Waals surface area (Å²) < 4.78 is 9.41. The predicted molar refractivity (Wildman–Crippen MR) is 69.8 cm³/mol. The molecule has 106 valence electrons. The zero-order valence-corrected chi connectivity index (χ0v) is 11.6.